The summed E-state index contributed by atoms with van der Waals surface area (Å²) in [6, 6.07) is 7.77. The molecule has 1 saturated carbocycles. The summed E-state index contributed by atoms with van der Waals surface area (Å²) in [5.41, 5.74) is 0.936. The summed E-state index contributed by atoms with van der Waals surface area (Å²) in [7, 11) is -1.59. The molecule has 19 heavy (non-hydrogen) atoms. The number of nitrogens with zero attached hydrogens (tertiary/aromatic N) is 1. The summed E-state index contributed by atoms with van der Waals surface area (Å²) in [5, 5.41) is 3.87. The van der Waals surface area contributed by atoms with Crippen molar-refractivity contribution in [2.24, 2.45) is 0 Å². The smallest absolute Gasteiger partial charge is 0.215 e. The fraction of sp³-hybridized carbons (Fsp3) is 0.538. The Morgan fingerprint density at radius 1 is 1.32 bits per heavy atom. The fourth-order valence-electron chi connectivity index (χ4n) is 1.78. The van der Waals surface area contributed by atoms with Gasteiger partial charge in [0.15, 0.2) is 0 Å². The quantitative estimate of drug-likeness (QED) is 0.836. The van der Waals surface area contributed by atoms with Crippen molar-refractivity contribution < 1.29 is 8.42 Å². The van der Waals surface area contributed by atoms with Crippen LogP contribution in [0.3, 0.4) is 0 Å². The van der Waals surface area contributed by atoms with E-state index in [-0.39, 0.29) is 5.75 Å². The van der Waals surface area contributed by atoms with Gasteiger partial charge in [0.2, 0.25) is 10.0 Å². The van der Waals surface area contributed by atoms with E-state index in [0.717, 1.165) is 5.56 Å². The lowest BCUT2D eigenvalue weighted by Gasteiger charge is -2.17. The van der Waals surface area contributed by atoms with Crippen molar-refractivity contribution >= 4 is 21.6 Å². The van der Waals surface area contributed by atoms with Gasteiger partial charge in [0.1, 0.15) is 0 Å². The zero-order valence-electron chi connectivity index (χ0n) is 11.0. The van der Waals surface area contributed by atoms with E-state index in [1.165, 1.54) is 17.1 Å². The maximum atomic E-state index is 12.1. The second-order valence-corrected chi connectivity index (χ2v) is 7.56. The zero-order valence-corrected chi connectivity index (χ0v) is 12.5. The van der Waals surface area contributed by atoms with Crippen LogP contribution in [0, 0.1) is 0 Å². The fourth-order valence-corrected chi connectivity index (χ4v) is 2.94. The molecule has 1 fully saturated rings. The Labute approximate surface area is 119 Å². The highest BCUT2D eigenvalue weighted by Gasteiger charge is 2.22. The molecule has 0 unspecified atom stereocenters. The second kappa shape index (κ2) is 6.22. The maximum absolute atomic E-state index is 12.1. The first-order chi connectivity index (χ1) is 8.97. The van der Waals surface area contributed by atoms with Gasteiger partial charge in [-0.1, -0.05) is 23.7 Å². The Morgan fingerprint density at radius 3 is 2.53 bits per heavy atom. The molecule has 0 heterocycles. The Balaban J connectivity index is 1.85. The zero-order chi connectivity index (χ0) is 13.9. The number of benzene rings is 1. The number of rotatable bonds is 7. The van der Waals surface area contributed by atoms with Crippen LogP contribution >= 0.6 is 11.6 Å². The molecule has 1 aliphatic carbocycles. The van der Waals surface area contributed by atoms with Gasteiger partial charge >= 0.3 is 0 Å². The van der Waals surface area contributed by atoms with Crippen molar-refractivity contribution in [1.29, 1.82) is 0 Å². The largest absolute Gasteiger partial charge is 0.313 e. The summed E-state index contributed by atoms with van der Waals surface area (Å²) in [5.74, 6) is 0.146. The van der Waals surface area contributed by atoms with Crippen molar-refractivity contribution in [3.05, 3.63) is 34.9 Å². The highest BCUT2D eigenvalue weighted by atomic mass is 35.5. The third kappa shape index (κ3) is 4.76. The van der Waals surface area contributed by atoms with Gasteiger partial charge < -0.3 is 5.32 Å². The first-order valence-corrected chi connectivity index (χ1v) is 8.38. The van der Waals surface area contributed by atoms with Gasteiger partial charge in [-0.05, 0) is 30.5 Å². The van der Waals surface area contributed by atoms with Crippen LogP contribution in [0.2, 0.25) is 5.02 Å². The van der Waals surface area contributed by atoms with Crippen LogP contribution in [0.1, 0.15) is 18.4 Å². The number of halogens is 1. The van der Waals surface area contributed by atoms with Gasteiger partial charge in [0, 0.05) is 31.2 Å². The number of sulfonamides is 1. The molecule has 0 spiro atoms. The summed E-state index contributed by atoms with van der Waals surface area (Å²) in [4.78, 5) is 0. The molecular weight excluding hydrogens is 284 g/mol. The van der Waals surface area contributed by atoms with Gasteiger partial charge in [0.25, 0.3) is 0 Å². The minimum atomic E-state index is -3.20. The third-order valence-corrected chi connectivity index (χ3v) is 5.21. The molecule has 1 N–H and O–H groups in total. The maximum Gasteiger partial charge on any atom is 0.215 e. The van der Waals surface area contributed by atoms with Crippen LogP contribution in [0.25, 0.3) is 0 Å². The second-order valence-electron chi connectivity index (χ2n) is 4.93. The summed E-state index contributed by atoms with van der Waals surface area (Å²) < 4.78 is 25.5. The van der Waals surface area contributed by atoms with Crippen molar-refractivity contribution in [1.82, 2.24) is 9.62 Å². The van der Waals surface area contributed by atoms with Crippen molar-refractivity contribution in [2.75, 3.05) is 19.3 Å². The predicted molar refractivity (Wildman–Crippen MR) is 77.7 cm³/mol. The van der Waals surface area contributed by atoms with E-state index in [9.17, 15) is 8.42 Å². The standard InChI is InChI=1S/C13H19ClN2O2S/c1-16(10-11-2-4-12(14)5-3-11)19(17,18)9-8-15-13-6-7-13/h2-5,13,15H,6-10H2,1H3. The topological polar surface area (TPSA) is 49.4 Å². The Kier molecular flexibility index (Phi) is 4.84. The molecule has 0 bridgehead atoms. The molecule has 0 atom stereocenters. The molecule has 1 aromatic carbocycles. The molecule has 4 nitrogen and oxygen atoms in total. The van der Waals surface area contributed by atoms with Crippen LogP contribution in [0.15, 0.2) is 24.3 Å². The lowest BCUT2D eigenvalue weighted by Crippen LogP contribution is -2.33. The van der Waals surface area contributed by atoms with Crippen LogP contribution < -0.4 is 5.32 Å². The summed E-state index contributed by atoms with van der Waals surface area (Å²) >= 11 is 5.80. The molecule has 0 amide bonds. The molecule has 0 saturated heterocycles. The predicted octanol–water partition coefficient (Wildman–Crippen LogP) is 1.85. The van der Waals surface area contributed by atoms with Gasteiger partial charge in [0.05, 0.1) is 5.75 Å². The van der Waals surface area contributed by atoms with Crippen molar-refractivity contribution in [3.8, 4) is 0 Å². The lowest BCUT2D eigenvalue weighted by atomic mass is 10.2. The SMILES string of the molecule is CN(Cc1ccc(Cl)cc1)S(=O)(=O)CCNC1CC1. The first-order valence-electron chi connectivity index (χ1n) is 6.39. The molecule has 0 aromatic heterocycles. The monoisotopic (exact) mass is 302 g/mol. The van der Waals surface area contributed by atoms with E-state index in [1.807, 2.05) is 12.1 Å². The van der Waals surface area contributed by atoms with E-state index in [1.54, 1.807) is 19.2 Å². The highest BCUT2D eigenvalue weighted by Crippen LogP contribution is 2.18. The van der Waals surface area contributed by atoms with Gasteiger partial charge in [-0.25, -0.2) is 12.7 Å². The van der Waals surface area contributed by atoms with Gasteiger partial charge in [-0.2, -0.15) is 0 Å². The Morgan fingerprint density at radius 2 is 1.95 bits per heavy atom. The van der Waals surface area contributed by atoms with E-state index in [4.69, 9.17) is 11.6 Å². The minimum Gasteiger partial charge on any atom is -0.313 e. The molecular formula is C13H19ClN2O2S. The van der Waals surface area contributed by atoms with Crippen LogP contribution in [-0.4, -0.2) is 38.1 Å². The number of hydrogen-bond donors (Lipinski definition) is 1. The summed E-state index contributed by atoms with van der Waals surface area (Å²) in [6.07, 6.45) is 2.33. The van der Waals surface area contributed by atoms with E-state index >= 15 is 0 Å². The summed E-state index contributed by atoms with van der Waals surface area (Å²) in [6.45, 7) is 0.904. The Bertz CT molecular complexity index is 512. The van der Waals surface area contributed by atoms with Crippen molar-refractivity contribution in [3.63, 3.8) is 0 Å². The molecule has 106 valence electrons. The molecule has 6 heteroatoms. The average molecular weight is 303 g/mol. The Hall–Kier alpha value is -0.620. The third-order valence-electron chi connectivity index (χ3n) is 3.16. The number of nitrogens with one attached hydrogen (secondary N) is 1. The molecule has 1 aliphatic rings. The van der Waals surface area contributed by atoms with Crippen molar-refractivity contribution in [2.45, 2.75) is 25.4 Å². The number of hydrogen-bond acceptors (Lipinski definition) is 3. The van der Waals surface area contributed by atoms with E-state index in [2.05, 4.69) is 5.32 Å². The van der Waals surface area contributed by atoms with Gasteiger partial charge in [-0.3, -0.25) is 0 Å². The van der Waals surface area contributed by atoms with Crippen LogP contribution in [-0.2, 0) is 16.6 Å². The van der Waals surface area contributed by atoms with Crippen LogP contribution in [0.4, 0.5) is 0 Å². The average Bonchev–Trinajstić information content (AvgIpc) is 3.16. The van der Waals surface area contributed by atoms with Crippen LogP contribution in [0.5, 0.6) is 0 Å². The van der Waals surface area contributed by atoms with Gasteiger partial charge in [-0.15, -0.1) is 0 Å². The minimum absolute atomic E-state index is 0.146. The van der Waals surface area contributed by atoms with E-state index < -0.39 is 10.0 Å². The highest BCUT2D eigenvalue weighted by molar-refractivity contribution is 7.89. The lowest BCUT2D eigenvalue weighted by molar-refractivity contribution is 0.465. The normalized spacial score (nSPS) is 15.9. The molecule has 1 aromatic rings. The van der Waals surface area contributed by atoms with E-state index in [0.29, 0.717) is 24.2 Å². The molecule has 2 rings (SSSR count). The molecule has 0 aliphatic heterocycles. The first kappa shape index (κ1) is 14.8. The molecule has 0 radical (unpaired) electrons.